The smallest absolute Gasteiger partial charge is 0.174 e. The van der Waals surface area contributed by atoms with E-state index in [0.29, 0.717) is 11.5 Å². The molecule has 0 saturated carbocycles. The van der Waals surface area contributed by atoms with Gasteiger partial charge < -0.3 is 19.4 Å². The van der Waals surface area contributed by atoms with Crippen molar-refractivity contribution in [1.29, 1.82) is 0 Å². The van der Waals surface area contributed by atoms with Gasteiger partial charge in [0.15, 0.2) is 17.6 Å². The SMILES string of the molecule is C[C@@H]1Oc2ccccc2O[C@@H]1C(=O)[O-]. The molecule has 0 aliphatic carbocycles. The van der Waals surface area contributed by atoms with Gasteiger partial charge in [-0.15, -0.1) is 0 Å². The van der Waals surface area contributed by atoms with Crippen molar-refractivity contribution in [3.8, 4) is 11.5 Å². The number of rotatable bonds is 1. The Hall–Kier alpha value is -1.71. The highest BCUT2D eigenvalue weighted by Gasteiger charge is 2.28. The number of ether oxygens (including phenoxy) is 2. The molecule has 4 heteroatoms. The third-order valence-electron chi connectivity index (χ3n) is 2.07. The van der Waals surface area contributed by atoms with Crippen molar-refractivity contribution in [3.63, 3.8) is 0 Å². The lowest BCUT2D eigenvalue weighted by Crippen LogP contribution is -2.50. The molecule has 14 heavy (non-hydrogen) atoms. The normalized spacial score (nSPS) is 24.4. The molecule has 0 unspecified atom stereocenters. The number of carbonyl (C=O) groups is 1. The third kappa shape index (κ3) is 1.39. The molecule has 0 spiro atoms. The molecule has 1 aliphatic heterocycles. The van der Waals surface area contributed by atoms with E-state index in [2.05, 4.69) is 0 Å². The second kappa shape index (κ2) is 3.21. The van der Waals surface area contributed by atoms with E-state index in [1.807, 2.05) is 0 Å². The van der Waals surface area contributed by atoms with E-state index >= 15 is 0 Å². The minimum Gasteiger partial charge on any atom is -0.546 e. The highest BCUT2D eigenvalue weighted by atomic mass is 16.6. The monoisotopic (exact) mass is 193 g/mol. The predicted octanol–water partition coefficient (Wildman–Crippen LogP) is -0.0352. The molecule has 0 amide bonds. The van der Waals surface area contributed by atoms with E-state index in [1.54, 1.807) is 31.2 Å². The van der Waals surface area contributed by atoms with Crippen LogP contribution in [0.3, 0.4) is 0 Å². The Morgan fingerprint density at radius 2 is 1.86 bits per heavy atom. The van der Waals surface area contributed by atoms with Crippen molar-refractivity contribution in [2.75, 3.05) is 0 Å². The molecular formula is C10H9O4-. The van der Waals surface area contributed by atoms with Gasteiger partial charge in [-0.05, 0) is 19.1 Å². The summed E-state index contributed by atoms with van der Waals surface area (Å²) in [6.07, 6.45) is -1.57. The third-order valence-corrected chi connectivity index (χ3v) is 2.07. The van der Waals surface area contributed by atoms with Crippen LogP contribution in [0.2, 0.25) is 0 Å². The van der Waals surface area contributed by atoms with Crippen molar-refractivity contribution in [2.45, 2.75) is 19.1 Å². The number of hydrogen-bond acceptors (Lipinski definition) is 4. The van der Waals surface area contributed by atoms with E-state index < -0.39 is 18.2 Å². The van der Waals surface area contributed by atoms with E-state index in [1.165, 1.54) is 0 Å². The quantitative estimate of drug-likeness (QED) is 0.628. The maximum absolute atomic E-state index is 10.7. The topological polar surface area (TPSA) is 58.6 Å². The first-order chi connectivity index (χ1) is 6.68. The Kier molecular flexibility index (Phi) is 2.04. The molecule has 0 saturated heterocycles. The summed E-state index contributed by atoms with van der Waals surface area (Å²) in [7, 11) is 0. The van der Waals surface area contributed by atoms with E-state index in [9.17, 15) is 9.90 Å². The van der Waals surface area contributed by atoms with Crippen LogP contribution < -0.4 is 14.6 Å². The highest BCUT2D eigenvalue weighted by molar-refractivity contribution is 5.72. The Morgan fingerprint density at radius 3 is 2.43 bits per heavy atom. The summed E-state index contributed by atoms with van der Waals surface area (Å²) < 4.78 is 10.6. The molecule has 74 valence electrons. The second-order valence-corrected chi connectivity index (χ2v) is 3.13. The minimum absolute atomic E-state index is 0.444. The average molecular weight is 193 g/mol. The van der Waals surface area contributed by atoms with Crippen LogP contribution in [-0.2, 0) is 4.79 Å². The molecular weight excluding hydrogens is 184 g/mol. The summed E-state index contributed by atoms with van der Waals surface area (Å²) in [5.41, 5.74) is 0. The molecule has 1 heterocycles. The average Bonchev–Trinajstić information content (AvgIpc) is 2.16. The Labute approximate surface area is 81.1 Å². The summed E-state index contributed by atoms with van der Waals surface area (Å²) in [5.74, 6) is -0.246. The van der Waals surface area contributed by atoms with Crippen LogP contribution in [0.1, 0.15) is 6.92 Å². The number of carboxylic acid groups (broad SMARTS) is 1. The number of fused-ring (bicyclic) bond motifs is 1. The molecule has 0 N–H and O–H groups in total. The minimum atomic E-state index is -1.26. The van der Waals surface area contributed by atoms with Gasteiger partial charge in [0, 0.05) is 0 Å². The Bertz CT molecular complexity index is 361. The maximum Gasteiger partial charge on any atom is 0.174 e. The molecule has 0 radical (unpaired) electrons. The summed E-state index contributed by atoms with van der Waals surface area (Å²) in [6.45, 7) is 1.64. The molecule has 4 nitrogen and oxygen atoms in total. The molecule has 0 aromatic heterocycles. The molecule has 2 rings (SSSR count). The molecule has 0 bridgehead atoms. The number of hydrogen-bond donors (Lipinski definition) is 0. The number of para-hydroxylation sites is 2. The zero-order valence-corrected chi connectivity index (χ0v) is 7.60. The van der Waals surface area contributed by atoms with Crippen LogP contribution in [-0.4, -0.2) is 18.2 Å². The summed E-state index contributed by atoms with van der Waals surface area (Å²) in [4.78, 5) is 10.7. The zero-order valence-electron chi connectivity index (χ0n) is 7.60. The first-order valence-corrected chi connectivity index (χ1v) is 4.31. The van der Waals surface area contributed by atoms with Gasteiger partial charge in [-0.3, -0.25) is 0 Å². The van der Waals surface area contributed by atoms with Crippen molar-refractivity contribution < 1.29 is 19.4 Å². The lowest BCUT2D eigenvalue weighted by Gasteiger charge is -2.32. The molecule has 1 aliphatic rings. The van der Waals surface area contributed by atoms with Gasteiger partial charge in [-0.25, -0.2) is 0 Å². The molecule has 2 atom stereocenters. The maximum atomic E-state index is 10.7. The lowest BCUT2D eigenvalue weighted by molar-refractivity contribution is -0.316. The summed E-state index contributed by atoms with van der Waals surface area (Å²) in [6, 6.07) is 6.95. The second-order valence-electron chi connectivity index (χ2n) is 3.13. The van der Waals surface area contributed by atoms with Crippen LogP contribution in [0.5, 0.6) is 11.5 Å². The van der Waals surface area contributed by atoms with Crippen molar-refractivity contribution in [3.05, 3.63) is 24.3 Å². The van der Waals surface area contributed by atoms with Gasteiger partial charge in [-0.2, -0.15) is 0 Å². The summed E-state index contributed by atoms with van der Waals surface area (Å²) >= 11 is 0. The molecule has 0 fully saturated rings. The Balaban J connectivity index is 2.31. The fourth-order valence-corrected chi connectivity index (χ4v) is 1.38. The predicted molar refractivity (Wildman–Crippen MR) is 46.0 cm³/mol. The Morgan fingerprint density at radius 1 is 1.29 bits per heavy atom. The van der Waals surface area contributed by atoms with Crippen LogP contribution >= 0.6 is 0 Å². The number of carbonyl (C=O) groups excluding carboxylic acids is 1. The fourth-order valence-electron chi connectivity index (χ4n) is 1.38. The lowest BCUT2D eigenvalue weighted by atomic mass is 10.2. The first kappa shape index (κ1) is 8.87. The van der Waals surface area contributed by atoms with Crippen molar-refractivity contribution in [1.82, 2.24) is 0 Å². The van der Waals surface area contributed by atoms with Gasteiger partial charge in [0.2, 0.25) is 0 Å². The van der Waals surface area contributed by atoms with E-state index in [4.69, 9.17) is 9.47 Å². The summed E-state index contributed by atoms with van der Waals surface area (Å²) in [5, 5.41) is 10.7. The van der Waals surface area contributed by atoms with Crippen LogP contribution in [0.4, 0.5) is 0 Å². The molecule has 1 aromatic rings. The van der Waals surface area contributed by atoms with E-state index in [-0.39, 0.29) is 0 Å². The largest absolute Gasteiger partial charge is 0.546 e. The zero-order chi connectivity index (χ0) is 10.1. The first-order valence-electron chi connectivity index (χ1n) is 4.31. The van der Waals surface area contributed by atoms with Gasteiger partial charge in [0.25, 0.3) is 0 Å². The van der Waals surface area contributed by atoms with Crippen LogP contribution in [0.15, 0.2) is 24.3 Å². The van der Waals surface area contributed by atoms with Gasteiger partial charge in [0.1, 0.15) is 6.10 Å². The number of aliphatic carboxylic acids is 1. The van der Waals surface area contributed by atoms with Gasteiger partial charge >= 0.3 is 0 Å². The molecule has 1 aromatic carbocycles. The van der Waals surface area contributed by atoms with Crippen molar-refractivity contribution >= 4 is 5.97 Å². The van der Waals surface area contributed by atoms with Crippen LogP contribution in [0, 0.1) is 0 Å². The number of carboxylic acids is 1. The van der Waals surface area contributed by atoms with Crippen molar-refractivity contribution in [2.24, 2.45) is 0 Å². The highest BCUT2D eigenvalue weighted by Crippen LogP contribution is 2.33. The number of benzene rings is 1. The van der Waals surface area contributed by atoms with Gasteiger partial charge in [-0.1, -0.05) is 12.1 Å². The van der Waals surface area contributed by atoms with Crippen LogP contribution in [0.25, 0.3) is 0 Å². The standard InChI is InChI=1S/C10H10O4/c1-6-9(10(11)12)14-8-5-3-2-4-7(8)13-6/h2-6,9H,1H3,(H,11,12)/p-1/t6-,9-/m0/s1. The van der Waals surface area contributed by atoms with Gasteiger partial charge in [0.05, 0.1) is 5.97 Å². The van der Waals surface area contributed by atoms with E-state index in [0.717, 1.165) is 0 Å². The fraction of sp³-hybridized carbons (Fsp3) is 0.300.